The monoisotopic (exact) mass is 397 g/mol. The van der Waals surface area contributed by atoms with E-state index in [4.69, 9.17) is 0 Å². The molecule has 1 aromatic heterocycles. The Morgan fingerprint density at radius 1 is 1.00 bits per heavy atom. The molecular formula is C21H23N3O3S. The quantitative estimate of drug-likeness (QED) is 0.693. The minimum atomic E-state index is -3.23. The highest BCUT2D eigenvalue weighted by Crippen LogP contribution is 2.16. The summed E-state index contributed by atoms with van der Waals surface area (Å²) in [6, 6.07) is 16.5. The number of aryl methyl sites for hydroxylation is 1. The van der Waals surface area contributed by atoms with Gasteiger partial charge in [0.2, 0.25) is 0 Å². The fourth-order valence-electron chi connectivity index (χ4n) is 3.06. The molecule has 1 amide bonds. The first-order valence-electron chi connectivity index (χ1n) is 8.91. The SMILES string of the molecule is Cc1nn(Cc2ccccc2)c(C)c1C(=O)NCc1ccc(S(C)(=O)=O)cc1. The van der Waals surface area contributed by atoms with Crippen LogP contribution in [0.4, 0.5) is 0 Å². The summed E-state index contributed by atoms with van der Waals surface area (Å²) in [5.74, 6) is -0.193. The first kappa shape index (κ1) is 19.8. The third-order valence-corrected chi connectivity index (χ3v) is 5.72. The molecule has 28 heavy (non-hydrogen) atoms. The fourth-order valence-corrected chi connectivity index (χ4v) is 3.69. The van der Waals surface area contributed by atoms with E-state index < -0.39 is 9.84 Å². The van der Waals surface area contributed by atoms with E-state index in [0.717, 1.165) is 16.8 Å². The molecule has 0 atom stereocenters. The van der Waals surface area contributed by atoms with Crippen LogP contribution in [0.5, 0.6) is 0 Å². The van der Waals surface area contributed by atoms with E-state index in [-0.39, 0.29) is 10.8 Å². The van der Waals surface area contributed by atoms with Crippen LogP contribution in [-0.2, 0) is 22.9 Å². The fraction of sp³-hybridized carbons (Fsp3) is 0.238. The van der Waals surface area contributed by atoms with Gasteiger partial charge in [0.1, 0.15) is 0 Å². The molecule has 146 valence electrons. The molecule has 1 N–H and O–H groups in total. The van der Waals surface area contributed by atoms with Gasteiger partial charge >= 0.3 is 0 Å². The van der Waals surface area contributed by atoms with Crippen molar-refractivity contribution in [1.29, 1.82) is 0 Å². The second-order valence-corrected chi connectivity index (χ2v) is 8.80. The first-order chi connectivity index (χ1) is 13.3. The Morgan fingerprint density at radius 3 is 2.25 bits per heavy atom. The molecule has 3 aromatic rings. The van der Waals surface area contributed by atoms with Gasteiger partial charge in [-0.2, -0.15) is 5.10 Å². The van der Waals surface area contributed by atoms with Gasteiger partial charge in [-0.3, -0.25) is 9.48 Å². The Morgan fingerprint density at radius 2 is 1.64 bits per heavy atom. The van der Waals surface area contributed by atoms with Crippen LogP contribution in [0.25, 0.3) is 0 Å². The van der Waals surface area contributed by atoms with Crippen molar-refractivity contribution in [2.45, 2.75) is 31.8 Å². The number of sulfone groups is 1. The summed E-state index contributed by atoms with van der Waals surface area (Å²) in [7, 11) is -3.23. The number of carbonyl (C=O) groups excluding carboxylic acids is 1. The van der Waals surface area contributed by atoms with Crippen LogP contribution in [0, 0.1) is 13.8 Å². The summed E-state index contributed by atoms with van der Waals surface area (Å²) < 4.78 is 24.9. The molecule has 0 aliphatic rings. The summed E-state index contributed by atoms with van der Waals surface area (Å²) in [6.07, 6.45) is 1.17. The van der Waals surface area contributed by atoms with E-state index in [1.54, 1.807) is 24.3 Å². The lowest BCUT2D eigenvalue weighted by Crippen LogP contribution is -2.24. The van der Waals surface area contributed by atoms with Gasteiger partial charge in [-0.25, -0.2) is 8.42 Å². The van der Waals surface area contributed by atoms with Gasteiger partial charge in [0.15, 0.2) is 9.84 Å². The largest absolute Gasteiger partial charge is 0.348 e. The van der Waals surface area contributed by atoms with E-state index in [1.807, 2.05) is 48.9 Å². The lowest BCUT2D eigenvalue weighted by atomic mass is 10.1. The Balaban J connectivity index is 1.71. The number of aromatic nitrogens is 2. The molecule has 0 fully saturated rings. The van der Waals surface area contributed by atoms with E-state index >= 15 is 0 Å². The van der Waals surface area contributed by atoms with Gasteiger partial charge in [-0.1, -0.05) is 42.5 Å². The number of nitrogens with one attached hydrogen (secondary N) is 1. The Hall–Kier alpha value is -2.93. The Bertz CT molecular complexity index is 1090. The lowest BCUT2D eigenvalue weighted by Gasteiger charge is -2.08. The normalized spacial score (nSPS) is 11.4. The van der Waals surface area contributed by atoms with E-state index in [2.05, 4.69) is 10.4 Å². The predicted molar refractivity (Wildman–Crippen MR) is 108 cm³/mol. The molecule has 3 rings (SSSR count). The van der Waals surface area contributed by atoms with E-state index in [9.17, 15) is 13.2 Å². The van der Waals surface area contributed by atoms with Crippen LogP contribution >= 0.6 is 0 Å². The number of carbonyl (C=O) groups is 1. The number of amides is 1. The van der Waals surface area contributed by atoms with Crippen molar-refractivity contribution in [2.75, 3.05) is 6.26 Å². The van der Waals surface area contributed by atoms with Crippen LogP contribution in [0.15, 0.2) is 59.5 Å². The van der Waals surface area contributed by atoms with Gasteiger partial charge in [-0.15, -0.1) is 0 Å². The molecule has 0 saturated heterocycles. The highest BCUT2D eigenvalue weighted by atomic mass is 32.2. The zero-order valence-corrected chi connectivity index (χ0v) is 17.0. The maximum absolute atomic E-state index is 12.7. The number of hydrogen-bond acceptors (Lipinski definition) is 4. The minimum absolute atomic E-state index is 0.193. The third kappa shape index (κ3) is 4.48. The molecule has 1 heterocycles. The van der Waals surface area contributed by atoms with Gasteiger partial charge in [0.05, 0.1) is 22.7 Å². The molecular weight excluding hydrogens is 374 g/mol. The predicted octanol–water partition coefficient (Wildman–Crippen LogP) is 2.88. The second-order valence-electron chi connectivity index (χ2n) is 6.79. The van der Waals surface area contributed by atoms with Gasteiger partial charge in [-0.05, 0) is 37.1 Å². The summed E-state index contributed by atoms with van der Waals surface area (Å²) >= 11 is 0. The molecule has 0 spiro atoms. The van der Waals surface area contributed by atoms with E-state index in [1.165, 1.54) is 6.26 Å². The van der Waals surface area contributed by atoms with Crippen molar-refractivity contribution < 1.29 is 13.2 Å². The first-order valence-corrected chi connectivity index (χ1v) is 10.8. The van der Waals surface area contributed by atoms with Crippen molar-refractivity contribution in [1.82, 2.24) is 15.1 Å². The maximum Gasteiger partial charge on any atom is 0.255 e. The molecule has 0 saturated carbocycles. The maximum atomic E-state index is 12.7. The zero-order chi connectivity index (χ0) is 20.3. The topological polar surface area (TPSA) is 81.1 Å². The van der Waals surface area contributed by atoms with Gasteiger partial charge in [0.25, 0.3) is 5.91 Å². The van der Waals surface area contributed by atoms with Crippen LogP contribution in [0.2, 0.25) is 0 Å². The summed E-state index contributed by atoms with van der Waals surface area (Å²) in [6.45, 7) is 4.63. The van der Waals surface area contributed by atoms with Gasteiger partial charge < -0.3 is 5.32 Å². The van der Waals surface area contributed by atoms with E-state index in [0.29, 0.717) is 24.3 Å². The highest BCUT2D eigenvalue weighted by Gasteiger charge is 2.18. The smallest absolute Gasteiger partial charge is 0.255 e. The zero-order valence-electron chi connectivity index (χ0n) is 16.1. The summed E-state index contributed by atoms with van der Waals surface area (Å²) in [4.78, 5) is 13.0. The number of benzene rings is 2. The van der Waals surface area contributed by atoms with Crippen molar-refractivity contribution in [3.63, 3.8) is 0 Å². The number of nitrogens with zero attached hydrogens (tertiary/aromatic N) is 2. The third-order valence-electron chi connectivity index (χ3n) is 4.59. The number of hydrogen-bond donors (Lipinski definition) is 1. The average molecular weight is 398 g/mol. The van der Waals surface area contributed by atoms with Gasteiger partial charge in [0, 0.05) is 18.5 Å². The summed E-state index contributed by atoms with van der Waals surface area (Å²) in [5.41, 5.74) is 4.01. The molecule has 7 heteroatoms. The van der Waals surface area contributed by atoms with Crippen molar-refractivity contribution >= 4 is 15.7 Å². The summed E-state index contributed by atoms with van der Waals surface area (Å²) in [5, 5.41) is 7.40. The molecule has 0 aliphatic heterocycles. The van der Waals surface area contributed by atoms with Crippen LogP contribution in [-0.4, -0.2) is 30.4 Å². The van der Waals surface area contributed by atoms with Crippen LogP contribution in [0.3, 0.4) is 0 Å². The number of rotatable bonds is 6. The van der Waals surface area contributed by atoms with Crippen LogP contribution < -0.4 is 5.32 Å². The molecule has 6 nitrogen and oxygen atoms in total. The standard InChI is InChI=1S/C21H23N3O3S/c1-15-20(16(2)24(23-15)14-18-7-5-4-6-8-18)21(25)22-13-17-9-11-19(12-10-17)28(3,26)27/h4-12H,13-14H2,1-3H3,(H,22,25). The van der Waals surface area contributed by atoms with Crippen molar-refractivity contribution in [3.8, 4) is 0 Å². The second kappa shape index (κ2) is 7.98. The van der Waals surface area contributed by atoms with Crippen molar-refractivity contribution in [2.24, 2.45) is 0 Å². The Kier molecular flexibility index (Phi) is 5.65. The molecule has 0 bridgehead atoms. The van der Waals surface area contributed by atoms with Crippen LogP contribution in [0.1, 0.15) is 32.9 Å². The minimum Gasteiger partial charge on any atom is -0.348 e. The Labute approximate surface area is 165 Å². The van der Waals surface area contributed by atoms with Crippen molar-refractivity contribution in [3.05, 3.63) is 82.7 Å². The molecule has 2 aromatic carbocycles. The molecule has 0 aliphatic carbocycles. The molecule has 0 unspecified atom stereocenters. The highest BCUT2D eigenvalue weighted by molar-refractivity contribution is 7.90. The average Bonchev–Trinajstić information content (AvgIpc) is 2.93. The molecule has 0 radical (unpaired) electrons. The lowest BCUT2D eigenvalue weighted by molar-refractivity contribution is 0.0949.